The number of anilines is 1. The second-order valence-corrected chi connectivity index (χ2v) is 10.1. The normalized spacial score (nSPS) is 11.0. The predicted octanol–water partition coefficient (Wildman–Crippen LogP) is 5.12. The number of carbonyl (C=O) groups is 1. The van der Waals surface area contributed by atoms with E-state index >= 15 is 0 Å². The van der Waals surface area contributed by atoms with E-state index in [4.69, 9.17) is 4.98 Å². The molecule has 0 aliphatic carbocycles. The first-order valence-corrected chi connectivity index (χ1v) is 13.5. The van der Waals surface area contributed by atoms with Gasteiger partial charge in [-0.05, 0) is 30.8 Å². The Hall–Kier alpha value is -3.55. The molecule has 1 heterocycles. The topological polar surface area (TPSA) is 52.6 Å². The van der Waals surface area contributed by atoms with Gasteiger partial charge in [0.2, 0.25) is 11.0 Å². The fourth-order valence-electron chi connectivity index (χ4n) is 4.07. The van der Waals surface area contributed by atoms with E-state index in [1.165, 1.54) is 22.7 Å². The van der Waals surface area contributed by atoms with Gasteiger partial charge in [0.1, 0.15) is 5.82 Å². The lowest BCUT2D eigenvalue weighted by atomic mass is 10.1. The summed E-state index contributed by atoms with van der Waals surface area (Å²) < 4.78 is 4.63. The maximum atomic E-state index is 13.4. The van der Waals surface area contributed by atoms with Crippen molar-refractivity contribution in [1.29, 1.82) is 0 Å². The Bertz CT molecular complexity index is 1210. The number of nitrogens with zero attached hydrogens (tertiary/aromatic N) is 5. The third kappa shape index (κ3) is 8.51. The van der Waals surface area contributed by atoms with E-state index in [2.05, 4.69) is 50.6 Å². The molecule has 0 bridgehead atoms. The number of likely N-dealkylation sites (N-methyl/N-ethyl adjacent to an activating group) is 1. The molecule has 0 atom stereocenters. The van der Waals surface area contributed by atoms with Crippen molar-refractivity contribution >= 4 is 22.6 Å². The fourth-order valence-corrected chi connectivity index (χ4v) is 4.78. The van der Waals surface area contributed by atoms with Crippen molar-refractivity contribution in [2.45, 2.75) is 25.9 Å². The Kier molecular flexibility index (Phi) is 9.80. The van der Waals surface area contributed by atoms with Gasteiger partial charge in [0.25, 0.3) is 0 Å². The average molecular weight is 514 g/mol. The summed E-state index contributed by atoms with van der Waals surface area (Å²) in [6.07, 6.45) is 1.12. The molecule has 6 nitrogen and oxygen atoms in total. The van der Waals surface area contributed by atoms with Crippen LogP contribution in [-0.4, -0.2) is 58.8 Å². The second kappa shape index (κ2) is 13.7. The number of carbonyl (C=O) groups excluding carboxylic acids is 1. The smallest absolute Gasteiger partial charge is 0.224 e. The third-order valence-corrected chi connectivity index (χ3v) is 6.95. The first kappa shape index (κ1) is 26.5. The molecule has 0 fully saturated rings. The average Bonchev–Trinajstić information content (AvgIpc) is 3.38. The Balaban J connectivity index is 1.47. The van der Waals surface area contributed by atoms with Crippen LogP contribution in [0.2, 0.25) is 0 Å². The number of hydrogen-bond donors (Lipinski definition) is 0. The lowest BCUT2D eigenvalue weighted by Gasteiger charge is -2.27. The van der Waals surface area contributed by atoms with Gasteiger partial charge < -0.3 is 14.7 Å². The highest BCUT2D eigenvalue weighted by Crippen LogP contribution is 2.22. The Morgan fingerprint density at radius 3 is 1.89 bits per heavy atom. The number of rotatable bonds is 13. The lowest BCUT2D eigenvalue weighted by molar-refractivity contribution is -0.131. The molecule has 37 heavy (non-hydrogen) atoms. The maximum Gasteiger partial charge on any atom is 0.224 e. The summed E-state index contributed by atoms with van der Waals surface area (Å²) in [6.45, 7) is 3.41. The maximum absolute atomic E-state index is 13.4. The van der Waals surface area contributed by atoms with E-state index in [0.717, 1.165) is 23.1 Å². The molecule has 4 rings (SSSR count). The number of hydrogen-bond acceptors (Lipinski definition) is 6. The minimum Gasteiger partial charge on any atom is -0.342 e. The minimum atomic E-state index is 0.151. The third-order valence-electron chi connectivity index (χ3n) is 6.13. The largest absolute Gasteiger partial charge is 0.342 e. The first-order valence-electron chi connectivity index (χ1n) is 12.7. The molecular formula is C30H35N5OS. The summed E-state index contributed by atoms with van der Waals surface area (Å²) in [5.74, 6) is 0.963. The van der Waals surface area contributed by atoms with Crippen molar-refractivity contribution in [2.75, 3.05) is 38.6 Å². The molecule has 1 amide bonds. The summed E-state index contributed by atoms with van der Waals surface area (Å²) in [5, 5.41) is 0.852. The van der Waals surface area contributed by atoms with E-state index in [1.807, 2.05) is 73.6 Å². The van der Waals surface area contributed by atoms with Crippen molar-refractivity contribution in [1.82, 2.24) is 19.2 Å². The van der Waals surface area contributed by atoms with Gasteiger partial charge in [0.05, 0.1) is 0 Å². The van der Waals surface area contributed by atoms with Crippen LogP contribution in [-0.2, 0) is 24.3 Å². The molecule has 0 aliphatic rings. The van der Waals surface area contributed by atoms with E-state index < -0.39 is 0 Å². The molecule has 3 aromatic carbocycles. The molecule has 0 saturated carbocycles. The van der Waals surface area contributed by atoms with Crippen molar-refractivity contribution in [2.24, 2.45) is 0 Å². The van der Waals surface area contributed by atoms with E-state index in [-0.39, 0.29) is 5.91 Å². The molecular weight excluding hydrogens is 478 g/mol. The van der Waals surface area contributed by atoms with Gasteiger partial charge in [-0.25, -0.2) is 4.98 Å². The predicted molar refractivity (Wildman–Crippen MR) is 152 cm³/mol. The first-order chi connectivity index (χ1) is 18.1. The van der Waals surface area contributed by atoms with E-state index in [0.29, 0.717) is 39.0 Å². The molecule has 0 saturated heterocycles. The highest BCUT2D eigenvalue weighted by atomic mass is 32.1. The number of aromatic nitrogens is 2. The van der Waals surface area contributed by atoms with Gasteiger partial charge in [0, 0.05) is 57.1 Å². The van der Waals surface area contributed by atoms with Crippen molar-refractivity contribution in [3.63, 3.8) is 0 Å². The Labute approximate surface area is 224 Å². The highest BCUT2D eigenvalue weighted by Gasteiger charge is 2.19. The van der Waals surface area contributed by atoms with Gasteiger partial charge >= 0.3 is 0 Å². The van der Waals surface area contributed by atoms with Gasteiger partial charge in [-0.2, -0.15) is 4.37 Å². The lowest BCUT2D eigenvalue weighted by Crippen LogP contribution is -2.38. The second-order valence-electron chi connectivity index (χ2n) is 9.42. The van der Waals surface area contributed by atoms with Gasteiger partial charge in [0.15, 0.2) is 0 Å². The van der Waals surface area contributed by atoms with Gasteiger partial charge in [-0.15, -0.1) is 0 Å². The molecule has 0 aliphatic heterocycles. The molecule has 0 spiro atoms. The monoisotopic (exact) mass is 513 g/mol. The summed E-state index contributed by atoms with van der Waals surface area (Å²) in [6, 6.07) is 30.8. The quantitative estimate of drug-likeness (QED) is 0.249. The van der Waals surface area contributed by atoms with E-state index in [9.17, 15) is 4.79 Å². The van der Waals surface area contributed by atoms with Crippen molar-refractivity contribution in [3.05, 3.63) is 114 Å². The standard InChI is InChI=1S/C30H35N5OS/c1-33(2)20-21-34(23-26-14-8-4-9-15-26)29(36)18-19-35(24-27-16-10-5-11-17-27)30-31-28(32-37-30)22-25-12-6-3-7-13-25/h3-17H,18-24H2,1-2H3. The molecule has 0 unspecified atom stereocenters. The molecule has 0 radical (unpaired) electrons. The van der Waals surface area contributed by atoms with Crippen LogP contribution in [0, 0.1) is 0 Å². The summed E-state index contributed by atoms with van der Waals surface area (Å²) in [4.78, 5) is 24.6. The molecule has 4 aromatic rings. The zero-order valence-electron chi connectivity index (χ0n) is 21.7. The van der Waals surface area contributed by atoms with Gasteiger partial charge in [-0.3, -0.25) is 4.79 Å². The molecule has 1 aromatic heterocycles. The fraction of sp³-hybridized carbons (Fsp3) is 0.300. The Morgan fingerprint density at radius 1 is 0.730 bits per heavy atom. The van der Waals surface area contributed by atoms with Crippen LogP contribution >= 0.6 is 11.5 Å². The molecule has 7 heteroatoms. The number of benzene rings is 3. The van der Waals surface area contributed by atoms with Gasteiger partial charge in [-0.1, -0.05) is 91.0 Å². The van der Waals surface area contributed by atoms with Crippen LogP contribution in [0.15, 0.2) is 91.0 Å². The SMILES string of the molecule is CN(C)CCN(Cc1ccccc1)C(=O)CCN(Cc1ccccc1)c1nc(Cc2ccccc2)ns1. The molecule has 0 N–H and O–H groups in total. The van der Waals surface area contributed by atoms with Crippen molar-refractivity contribution < 1.29 is 4.79 Å². The van der Waals surface area contributed by atoms with E-state index in [1.54, 1.807) is 0 Å². The van der Waals surface area contributed by atoms with Crippen LogP contribution in [0.5, 0.6) is 0 Å². The zero-order valence-corrected chi connectivity index (χ0v) is 22.5. The Morgan fingerprint density at radius 2 is 1.30 bits per heavy atom. The van der Waals surface area contributed by atoms with Crippen LogP contribution in [0.1, 0.15) is 28.9 Å². The van der Waals surface area contributed by atoms with Crippen LogP contribution in [0.4, 0.5) is 5.13 Å². The van der Waals surface area contributed by atoms with Crippen LogP contribution < -0.4 is 4.90 Å². The minimum absolute atomic E-state index is 0.151. The summed E-state index contributed by atoms with van der Waals surface area (Å²) >= 11 is 1.41. The summed E-state index contributed by atoms with van der Waals surface area (Å²) in [5.41, 5.74) is 3.52. The van der Waals surface area contributed by atoms with Crippen LogP contribution in [0.25, 0.3) is 0 Å². The summed E-state index contributed by atoms with van der Waals surface area (Å²) in [7, 11) is 4.07. The van der Waals surface area contributed by atoms with Crippen LogP contribution in [0.3, 0.4) is 0 Å². The number of amides is 1. The molecule has 192 valence electrons. The van der Waals surface area contributed by atoms with Crippen molar-refractivity contribution in [3.8, 4) is 0 Å². The zero-order chi connectivity index (χ0) is 25.9. The highest BCUT2D eigenvalue weighted by molar-refractivity contribution is 7.09.